The summed E-state index contributed by atoms with van der Waals surface area (Å²) in [5.41, 5.74) is 1.47. The van der Waals surface area contributed by atoms with Crippen molar-refractivity contribution < 1.29 is 4.79 Å². The van der Waals surface area contributed by atoms with E-state index in [-0.39, 0.29) is 11.9 Å². The van der Waals surface area contributed by atoms with Gasteiger partial charge in [-0.3, -0.25) is 9.48 Å². The van der Waals surface area contributed by atoms with E-state index in [2.05, 4.69) is 45.0 Å². The number of carbonyl (C=O) groups is 1. The van der Waals surface area contributed by atoms with Crippen molar-refractivity contribution in [3.05, 3.63) is 78.4 Å². The van der Waals surface area contributed by atoms with Gasteiger partial charge in [-0.15, -0.1) is 5.10 Å². The molecule has 4 aromatic rings. The molecule has 0 radical (unpaired) electrons. The zero-order valence-electron chi connectivity index (χ0n) is 15.7. The zero-order chi connectivity index (χ0) is 19.3. The number of rotatable bonds is 7. The van der Waals surface area contributed by atoms with Crippen LogP contribution < -0.4 is 5.32 Å². The first-order chi connectivity index (χ1) is 13.7. The molecule has 0 aliphatic rings. The van der Waals surface area contributed by atoms with Crippen molar-refractivity contribution in [1.29, 1.82) is 0 Å². The van der Waals surface area contributed by atoms with Crippen LogP contribution in [0.3, 0.4) is 0 Å². The van der Waals surface area contributed by atoms with E-state index in [1.165, 1.54) is 10.8 Å². The Morgan fingerprint density at radius 2 is 1.96 bits per heavy atom. The molecule has 0 fully saturated rings. The monoisotopic (exact) mass is 374 g/mol. The van der Waals surface area contributed by atoms with Gasteiger partial charge in [0.1, 0.15) is 0 Å². The molecule has 0 bridgehead atoms. The van der Waals surface area contributed by atoms with Crippen LogP contribution in [-0.4, -0.2) is 36.7 Å². The number of nitrogens with zero attached hydrogens (tertiary/aromatic N) is 5. The summed E-state index contributed by atoms with van der Waals surface area (Å²) in [5.74, 6) is -0.211. The van der Waals surface area contributed by atoms with E-state index < -0.39 is 0 Å². The first-order valence-corrected chi connectivity index (χ1v) is 9.34. The molecule has 1 atom stereocenters. The summed E-state index contributed by atoms with van der Waals surface area (Å²) in [7, 11) is 0. The van der Waals surface area contributed by atoms with Crippen LogP contribution >= 0.6 is 0 Å². The molecule has 4 rings (SSSR count). The van der Waals surface area contributed by atoms with Crippen LogP contribution in [0, 0.1) is 0 Å². The Balaban J connectivity index is 1.38. The number of hydrogen-bond donors (Lipinski definition) is 1. The summed E-state index contributed by atoms with van der Waals surface area (Å²) < 4.78 is 3.55. The van der Waals surface area contributed by atoms with Crippen LogP contribution in [0.5, 0.6) is 0 Å². The zero-order valence-corrected chi connectivity index (χ0v) is 15.7. The molecule has 0 saturated heterocycles. The Kier molecular flexibility index (Phi) is 5.14. The van der Waals surface area contributed by atoms with Crippen LogP contribution in [0.25, 0.3) is 10.8 Å². The first kappa shape index (κ1) is 17.9. The van der Waals surface area contributed by atoms with Gasteiger partial charge in [0.15, 0.2) is 5.69 Å². The highest BCUT2D eigenvalue weighted by molar-refractivity contribution is 5.92. The number of nitrogens with one attached hydrogen (secondary N) is 1. The maximum absolute atomic E-state index is 12.4. The van der Waals surface area contributed by atoms with Crippen molar-refractivity contribution in [2.24, 2.45) is 0 Å². The lowest BCUT2D eigenvalue weighted by atomic mass is 10.0. The number of fused-ring (bicyclic) bond motifs is 1. The van der Waals surface area contributed by atoms with Crippen molar-refractivity contribution >= 4 is 16.7 Å². The average Bonchev–Trinajstić information content (AvgIpc) is 3.39. The Hall–Kier alpha value is -3.48. The predicted molar refractivity (Wildman–Crippen MR) is 107 cm³/mol. The van der Waals surface area contributed by atoms with Crippen molar-refractivity contribution in [2.75, 3.05) is 0 Å². The highest BCUT2D eigenvalue weighted by atomic mass is 16.2. The lowest BCUT2D eigenvalue weighted by Gasteiger charge is -2.12. The third-order valence-electron chi connectivity index (χ3n) is 4.71. The smallest absolute Gasteiger partial charge is 0.273 e. The quantitative estimate of drug-likeness (QED) is 0.540. The van der Waals surface area contributed by atoms with Crippen molar-refractivity contribution in [3.63, 3.8) is 0 Å². The molecule has 2 aromatic carbocycles. The number of aryl methyl sites for hydroxylation is 1. The third kappa shape index (κ3) is 4.09. The lowest BCUT2D eigenvalue weighted by molar-refractivity contribution is 0.0932. The van der Waals surface area contributed by atoms with E-state index in [0.717, 1.165) is 18.5 Å². The molecule has 0 aliphatic heterocycles. The van der Waals surface area contributed by atoms with E-state index in [1.807, 2.05) is 42.1 Å². The topological polar surface area (TPSA) is 77.6 Å². The molecule has 7 nitrogen and oxygen atoms in total. The van der Waals surface area contributed by atoms with Gasteiger partial charge in [-0.2, -0.15) is 5.10 Å². The van der Waals surface area contributed by atoms with Gasteiger partial charge in [0.05, 0.1) is 12.7 Å². The summed E-state index contributed by atoms with van der Waals surface area (Å²) in [6.45, 7) is 3.29. The third-order valence-corrected chi connectivity index (χ3v) is 4.71. The van der Waals surface area contributed by atoms with Crippen LogP contribution in [0.2, 0.25) is 0 Å². The molecule has 1 amide bonds. The SMILES string of the molecule is C[C@H](CCn1cccn1)NC(=O)c1cn(Cc2cccc3ccccc23)nn1. The maximum Gasteiger partial charge on any atom is 0.273 e. The maximum atomic E-state index is 12.4. The minimum atomic E-state index is -0.211. The van der Waals surface area contributed by atoms with Gasteiger partial charge >= 0.3 is 0 Å². The summed E-state index contributed by atoms with van der Waals surface area (Å²) >= 11 is 0. The van der Waals surface area contributed by atoms with Gasteiger partial charge in [0.25, 0.3) is 5.91 Å². The minimum absolute atomic E-state index is 0.0138. The molecule has 1 N–H and O–H groups in total. The lowest BCUT2D eigenvalue weighted by Crippen LogP contribution is -2.33. The van der Waals surface area contributed by atoms with E-state index in [0.29, 0.717) is 12.2 Å². The van der Waals surface area contributed by atoms with Crippen LogP contribution in [0.15, 0.2) is 67.1 Å². The second kappa shape index (κ2) is 8.04. The summed E-state index contributed by atoms with van der Waals surface area (Å²) in [5, 5.41) is 17.7. The van der Waals surface area contributed by atoms with Gasteiger partial charge in [-0.05, 0) is 35.7 Å². The summed E-state index contributed by atoms with van der Waals surface area (Å²) in [6.07, 6.45) is 6.14. The highest BCUT2D eigenvalue weighted by Crippen LogP contribution is 2.19. The second-order valence-corrected chi connectivity index (χ2v) is 6.87. The number of carbonyl (C=O) groups excluding carboxylic acids is 1. The average molecular weight is 374 g/mol. The number of aromatic nitrogens is 5. The van der Waals surface area contributed by atoms with Gasteiger partial charge in [0, 0.05) is 25.0 Å². The van der Waals surface area contributed by atoms with Crippen LogP contribution in [0.1, 0.15) is 29.4 Å². The molecule has 7 heteroatoms. The molecule has 0 unspecified atom stereocenters. The van der Waals surface area contributed by atoms with Crippen molar-refractivity contribution in [3.8, 4) is 0 Å². The van der Waals surface area contributed by atoms with E-state index in [1.54, 1.807) is 17.1 Å². The highest BCUT2D eigenvalue weighted by Gasteiger charge is 2.14. The number of benzene rings is 2. The van der Waals surface area contributed by atoms with E-state index in [4.69, 9.17) is 0 Å². The molecule has 0 saturated carbocycles. The second-order valence-electron chi connectivity index (χ2n) is 6.87. The number of hydrogen-bond acceptors (Lipinski definition) is 4. The van der Waals surface area contributed by atoms with Gasteiger partial charge in [-0.1, -0.05) is 47.7 Å². The molecule has 28 heavy (non-hydrogen) atoms. The molecule has 142 valence electrons. The van der Waals surface area contributed by atoms with E-state index >= 15 is 0 Å². The Morgan fingerprint density at radius 1 is 1.11 bits per heavy atom. The predicted octanol–water partition coefficient (Wildman–Crippen LogP) is 2.88. The molecule has 2 heterocycles. The number of amides is 1. The summed E-state index contributed by atoms with van der Waals surface area (Å²) in [4.78, 5) is 12.4. The fourth-order valence-electron chi connectivity index (χ4n) is 3.21. The Labute approximate surface area is 163 Å². The fraction of sp³-hybridized carbons (Fsp3) is 0.238. The molecule has 0 aliphatic carbocycles. The van der Waals surface area contributed by atoms with Crippen molar-refractivity contribution in [2.45, 2.75) is 32.5 Å². The first-order valence-electron chi connectivity index (χ1n) is 9.34. The minimum Gasteiger partial charge on any atom is -0.348 e. The largest absolute Gasteiger partial charge is 0.348 e. The van der Waals surface area contributed by atoms with Gasteiger partial charge in [0.2, 0.25) is 0 Å². The van der Waals surface area contributed by atoms with Gasteiger partial charge in [-0.25, -0.2) is 4.68 Å². The normalized spacial score (nSPS) is 12.2. The Morgan fingerprint density at radius 3 is 2.82 bits per heavy atom. The summed E-state index contributed by atoms with van der Waals surface area (Å²) in [6, 6.07) is 16.3. The molecule has 0 spiro atoms. The van der Waals surface area contributed by atoms with Crippen molar-refractivity contribution in [1.82, 2.24) is 30.1 Å². The van der Waals surface area contributed by atoms with Crippen LogP contribution in [-0.2, 0) is 13.1 Å². The molecular weight excluding hydrogens is 352 g/mol. The van der Waals surface area contributed by atoms with Crippen LogP contribution in [0.4, 0.5) is 0 Å². The Bertz CT molecular complexity index is 1060. The standard InChI is InChI=1S/C21H22N6O/c1-16(10-13-26-12-5-11-22-26)23-21(28)20-15-27(25-24-20)14-18-8-4-7-17-6-2-3-9-19(17)18/h2-9,11-12,15-16H,10,13-14H2,1H3,(H,23,28)/t16-/m1/s1. The molecular formula is C21H22N6O. The van der Waals surface area contributed by atoms with Gasteiger partial charge < -0.3 is 5.32 Å². The molecule has 2 aromatic heterocycles. The van der Waals surface area contributed by atoms with E-state index in [9.17, 15) is 4.79 Å². The fourth-order valence-corrected chi connectivity index (χ4v) is 3.21.